The largest absolute Gasteiger partial charge is 0.348 e. The van der Waals surface area contributed by atoms with Gasteiger partial charge in [-0.3, -0.25) is 4.79 Å². The quantitative estimate of drug-likeness (QED) is 0.853. The lowest BCUT2D eigenvalue weighted by atomic mass is 10.2. The fraction of sp³-hybridized carbons (Fsp3) is 0.300. The van der Waals surface area contributed by atoms with Gasteiger partial charge in [-0.25, -0.2) is 4.39 Å². The molecule has 1 amide bonds. The third-order valence-electron chi connectivity index (χ3n) is 1.78. The predicted octanol–water partition coefficient (Wildman–Crippen LogP) is 2.95. The van der Waals surface area contributed by atoms with E-state index in [0.29, 0.717) is 15.9 Å². The van der Waals surface area contributed by atoms with Crippen LogP contribution in [0.15, 0.2) is 22.7 Å². The number of alkyl halides is 1. The molecule has 1 atom stereocenters. The van der Waals surface area contributed by atoms with Crippen molar-refractivity contribution < 1.29 is 9.18 Å². The van der Waals surface area contributed by atoms with Crippen LogP contribution in [-0.2, 0) is 0 Å². The second kappa shape index (κ2) is 5.47. The molecule has 2 nitrogen and oxygen atoms in total. The first-order chi connectivity index (χ1) is 7.04. The van der Waals surface area contributed by atoms with Gasteiger partial charge in [0.05, 0.1) is 5.56 Å². The summed E-state index contributed by atoms with van der Waals surface area (Å²) < 4.78 is 13.2. The zero-order valence-corrected chi connectivity index (χ0v) is 10.4. The minimum absolute atomic E-state index is 0.115. The second-order valence-electron chi connectivity index (χ2n) is 3.15. The maximum Gasteiger partial charge on any atom is 0.252 e. The van der Waals surface area contributed by atoms with E-state index < -0.39 is 0 Å². The number of halogens is 3. The number of hydrogen-bond acceptors (Lipinski definition) is 1. The Kier molecular flexibility index (Phi) is 4.54. The maximum atomic E-state index is 12.8. The summed E-state index contributed by atoms with van der Waals surface area (Å²) in [4.78, 5) is 11.6. The van der Waals surface area contributed by atoms with Crippen LogP contribution in [-0.4, -0.2) is 17.8 Å². The van der Waals surface area contributed by atoms with E-state index in [4.69, 9.17) is 11.6 Å². The molecule has 1 aromatic rings. The molecule has 1 unspecified atom stereocenters. The third kappa shape index (κ3) is 3.47. The number of benzene rings is 1. The van der Waals surface area contributed by atoms with E-state index in [1.165, 1.54) is 18.2 Å². The topological polar surface area (TPSA) is 29.1 Å². The molecule has 0 saturated carbocycles. The number of carbonyl (C=O) groups excluding carboxylic acids is 1. The van der Waals surface area contributed by atoms with Gasteiger partial charge in [-0.1, -0.05) is 0 Å². The lowest BCUT2D eigenvalue weighted by molar-refractivity contribution is 0.0942. The highest BCUT2D eigenvalue weighted by Gasteiger charge is 2.12. The molecule has 0 fully saturated rings. The molecule has 5 heteroatoms. The Morgan fingerprint density at radius 3 is 2.87 bits per heavy atom. The molecule has 82 valence electrons. The summed E-state index contributed by atoms with van der Waals surface area (Å²) in [5.41, 5.74) is 0.397. The maximum absolute atomic E-state index is 12.8. The van der Waals surface area contributed by atoms with E-state index in [2.05, 4.69) is 21.2 Å². The first-order valence-corrected chi connectivity index (χ1v) is 5.69. The Balaban J connectivity index is 2.82. The summed E-state index contributed by atoms with van der Waals surface area (Å²) in [6, 6.07) is 3.80. The number of amides is 1. The summed E-state index contributed by atoms with van der Waals surface area (Å²) in [5.74, 6) is -0.316. The van der Waals surface area contributed by atoms with Crippen LogP contribution in [0.3, 0.4) is 0 Å². The summed E-state index contributed by atoms with van der Waals surface area (Å²) >= 11 is 8.69. The normalized spacial score (nSPS) is 12.3. The molecule has 0 aliphatic heterocycles. The van der Waals surface area contributed by atoms with Crippen molar-refractivity contribution in [1.82, 2.24) is 5.32 Å². The molecule has 1 rings (SSSR count). The number of hydrogen-bond donors (Lipinski definition) is 1. The van der Waals surface area contributed by atoms with Crippen molar-refractivity contribution in [1.29, 1.82) is 0 Å². The van der Waals surface area contributed by atoms with Crippen LogP contribution in [0.2, 0.25) is 0 Å². The van der Waals surface area contributed by atoms with Crippen LogP contribution in [0.5, 0.6) is 0 Å². The predicted molar refractivity (Wildman–Crippen MR) is 61.7 cm³/mol. The van der Waals surface area contributed by atoms with Crippen molar-refractivity contribution in [3.63, 3.8) is 0 Å². The standard InChI is InChI=1S/C10H10BrClFNO/c1-6(5-12)14-10(15)8-3-2-7(13)4-9(8)11/h2-4,6H,5H2,1H3,(H,14,15). The first-order valence-electron chi connectivity index (χ1n) is 4.36. The van der Waals surface area contributed by atoms with E-state index in [9.17, 15) is 9.18 Å². The third-order valence-corrected chi connectivity index (χ3v) is 2.90. The molecule has 0 aliphatic carbocycles. The Bertz CT molecular complexity index is 372. The Hall–Kier alpha value is -0.610. The molecule has 0 spiro atoms. The fourth-order valence-corrected chi connectivity index (χ4v) is 1.62. The lowest BCUT2D eigenvalue weighted by Crippen LogP contribution is -2.33. The summed E-state index contributed by atoms with van der Waals surface area (Å²) in [6.07, 6.45) is 0. The van der Waals surface area contributed by atoms with Gasteiger partial charge in [0, 0.05) is 16.4 Å². The van der Waals surface area contributed by atoms with Crippen LogP contribution in [0, 0.1) is 5.82 Å². The van der Waals surface area contributed by atoms with Crippen LogP contribution >= 0.6 is 27.5 Å². The molecular weight excluding hydrogens is 284 g/mol. The molecule has 0 saturated heterocycles. The lowest BCUT2D eigenvalue weighted by Gasteiger charge is -2.11. The molecule has 0 aliphatic rings. The van der Waals surface area contributed by atoms with E-state index in [0.717, 1.165) is 0 Å². The SMILES string of the molecule is CC(CCl)NC(=O)c1ccc(F)cc1Br. The first kappa shape index (κ1) is 12.5. The van der Waals surface area contributed by atoms with Gasteiger partial charge < -0.3 is 5.32 Å². The highest BCUT2D eigenvalue weighted by Crippen LogP contribution is 2.17. The Morgan fingerprint density at radius 1 is 1.67 bits per heavy atom. The Morgan fingerprint density at radius 2 is 2.33 bits per heavy atom. The van der Waals surface area contributed by atoms with E-state index in [-0.39, 0.29) is 17.8 Å². The van der Waals surface area contributed by atoms with E-state index in [1.54, 1.807) is 6.92 Å². The van der Waals surface area contributed by atoms with Gasteiger partial charge >= 0.3 is 0 Å². The van der Waals surface area contributed by atoms with Gasteiger partial charge in [0.1, 0.15) is 5.82 Å². The molecule has 15 heavy (non-hydrogen) atoms. The fourth-order valence-electron chi connectivity index (χ4n) is 1.01. The van der Waals surface area contributed by atoms with Crippen molar-refractivity contribution in [3.05, 3.63) is 34.1 Å². The number of nitrogens with one attached hydrogen (secondary N) is 1. The highest BCUT2D eigenvalue weighted by atomic mass is 79.9. The van der Waals surface area contributed by atoms with Gasteiger partial charge in [-0.15, -0.1) is 11.6 Å². The summed E-state index contributed by atoms with van der Waals surface area (Å²) in [5, 5.41) is 2.68. The summed E-state index contributed by atoms with van der Waals surface area (Å²) in [7, 11) is 0. The highest BCUT2D eigenvalue weighted by molar-refractivity contribution is 9.10. The minimum atomic E-state index is -0.385. The number of carbonyl (C=O) groups is 1. The van der Waals surface area contributed by atoms with Crippen molar-refractivity contribution in [2.75, 3.05) is 5.88 Å². The molecule has 0 heterocycles. The van der Waals surface area contributed by atoms with Gasteiger partial charge in [-0.05, 0) is 41.1 Å². The van der Waals surface area contributed by atoms with Crippen LogP contribution < -0.4 is 5.32 Å². The zero-order chi connectivity index (χ0) is 11.4. The van der Waals surface area contributed by atoms with Crippen LogP contribution in [0.1, 0.15) is 17.3 Å². The second-order valence-corrected chi connectivity index (χ2v) is 4.32. The number of rotatable bonds is 3. The molecule has 1 aromatic carbocycles. The van der Waals surface area contributed by atoms with Crippen LogP contribution in [0.25, 0.3) is 0 Å². The van der Waals surface area contributed by atoms with Gasteiger partial charge in [0.2, 0.25) is 0 Å². The van der Waals surface area contributed by atoms with Crippen LogP contribution in [0.4, 0.5) is 4.39 Å². The molecule has 1 N–H and O–H groups in total. The van der Waals surface area contributed by atoms with E-state index in [1.807, 2.05) is 0 Å². The van der Waals surface area contributed by atoms with Gasteiger partial charge in [-0.2, -0.15) is 0 Å². The molecule has 0 bridgehead atoms. The van der Waals surface area contributed by atoms with Gasteiger partial charge in [0.25, 0.3) is 5.91 Å². The van der Waals surface area contributed by atoms with Crippen molar-refractivity contribution in [3.8, 4) is 0 Å². The summed E-state index contributed by atoms with van der Waals surface area (Å²) in [6.45, 7) is 1.79. The van der Waals surface area contributed by atoms with Gasteiger partial charge in [0.15, 0.2) is 0 Å². The minimum Gasteiger partial charge on any atom is -0.348 e. The van der Waals surface area contributed by atoms with Crippen molar-refractivity contribution in [2.24, 2.45) is 0 Å². The van der Waals surface area contributed by atoms with Crippen molar-refractivity contribution >= 4 is 33.4 Å². The molecule has 0 aromatic heterocycles. The molecule has 0 radical (unpaired) electrons. The van der Waals surface area contributed by atoms with E-state index >= 15 is 0 Å². The smallest absolute Gasteiger partial charge is 0.252 e. The zero-order valence-electron chi connectivity index (χ0n) is 8.06. The average molecular weight is 295 g/mol. The van der Waals surface area contributed by atoms with Crippen molar-refractivity contribution in [2.45, 2.75) is 13.0 Å². The Labute approximate surface area is 101 Å². The monoisotopic (exact) mass is 293 g/mol. The molecular formula is C10H10BrClFNO. The average Bonchev–Trinajstić information content (AvgIpc) is 2.17.